The van der Waals surface area contributed by atoms with Crippen LogP contribution in [0.25, 0.3) is 0 Å². The fourth-order valence-electron chi connectivity index (χ4n) is 4.39. The van der Waals surface area contributed by atoms with Gasteiger partial charge in [0.15, 0.2) is 0 Å². The Labute approximate surface area is 251 Å². The van der Waals surface area contributed by atoms with Crippen LogP contribution in [0.1, 0.15) is 72.3 Å². The molecular formula is C30H50N4O6Se. The number of hydrogen-bond donors (Lipinski definition) is 5. The van der Waals surface area contributed by atoms with E-state index in [0.29, 0.717) is 11.7 Å². The van der Waals surface area contributed by atoms with Gasteiger partial charge in [-0.1, -0.05) is 20.3 Å². The number of hydrogen-bond acceptors (Lipinski definition) is 6. The molecule has 0 heterocycles. The Morgan fingerprint density at radius 3 is 2.12 bits per heavy atom. The third-order valence-electron chi connectivity index (χ3n) is 6.91. The number of nitrogens with one attached hydrogen (secondary N) is 3. The van der Waals surface area contributed by atoms with Crippen LogP contribution in [-0.4, -0.2) is 75.5 Å². The number of amides is 3. The van der Waals surface area contributed by atoms with Crippen molar-refractivity contribution in [2.75, 3.05) is 13.7 Å². The maximum atomic E-state index is 12.8. The number of nitrogens with two attached hydrogens (primary N) is 1. The van der Waals surface area contributed by atoms with Crippen molar-refractivity contribution in [3.8, 4) is 5.75 Å². The number of aliphatic carboxylic acids is 1. The van der Waals surface area contributed by atoms with Gasteiger partial charge in [-0.2, -0.15) is 0 Å². The van der Waals surface area contributed by atoms with E-state index >= 15 is 0 Å². The summed E-state index contributed by atoms with van der Waals surface area (Å²) in [5, 5.41) is 19.5. The average Bonchev–Trinajstić information content (AvgIpc) is 2.89. The number of carboxylic acid groups (broad SMARTS) is 1. The number of benzene rings is 1. The van der Waals surface area contributed by atoms with Crippen molar-refractivity contribution in [2.45, 2.75) is 95.5 Å². The Bertz CT molecular complexity index is 959. The van der Waals surface area contributed by atoms with E-state index in [2.05, 4.69) is 16.0 Å². The van der Waals surface area contributed by atoms with Gasteiger partial charge in [0.1, 0.15) is 0 Å². The van der Waals surface area contributed by atoms with Gasteiger partial charge in [0.05, 0.1) is 6.42 Å². The van der Waals surface area contributed by atoms with Gasteiger partial charge in [-0.3, -0.25) is 4.79 Å². The summed E-state index contributed by atoms with van der Waals surface area (Å²) in [7, 11) is 1.63. The summed E-state index contributed by atoms with van der Waals surface area (Å²) < 4.78 is 5.19. The topological polar surface area (TPSA) is 160 Å². The monoisotopic (exact) mass is 642 g/mol. The Kier molecular flexibility index (Phi) is 17.3. The number of ether oxygens (including phenoxy) is 1. The molecule has 0 spiro atoms. The molecule has 0 saturated heterocycles. The van der Waals surface area contributed by atoms with Gasteiger partial charge < -0.3 is 5.11 Å². The second-order valence-electron chi connectivity index (χ2n) is 11.2. The first-order valence-electron chi connectivity index (χ1n) is 14.4. The van der Waals surface area contributed by atoms with E-state index < -0.39 is 24.1 Å². The molecule has 1 aromatic carbocycles. The fraction of sp³-hybridized carbons (Fsp3) is 0.667. The third-order valence-corrected chi connectivity index (χ3v) is 9.37. The Hall–Kier alpha value is -2.62. The molecule has 0 saturated carbocycles. The van der Waals surface area contributed by atoms with Crippen molar-refractivity contribution in [1.82, 2.24) is 16.0 Å². The van der Waals surface area contributed by atoms with Gasteiger partial charge in [0, 0.05) is 6.04 Å². The first kappa shape index (κ1) is 36.4. The van der Waals surface area contributed by atoms with Crippen molar-refractivity contribution in [2.24, 2.45) is 23.5 Å². The summed E-state index contributed by atoms with van der Waals surface area (Å²) in [6.45, 7) is 9.89. The molecule has 11 heteroatoms. The van der Waals surface area contributed by atoms with Crippen molar-refractivity contribution >= 4 is 38.6 Å². The van der Waals surface area contributed by atoms with Crippen molar-refractivity contribution < 1.29 is 29.0 Å². The molecule has 1 aromatic rings. The van der Waals surface area contributed by atoms with Gasteiger partial charge in [-0.25, -0.2) is 0 Å². The van der Waals surface area contributed by atoms with Crippen LogP contribution < -0.4 is 26.4 Å². The zero-order chi connectivity index (χ0) is 30.9. The second-order valence-corrected chi connectivity index (χ2v) is 13.3. The molecule has 41 heavy (non-hydrogen) atoms. The zero-order valence-corrected chi connectivity index (χ0v) is 27.1. The Balaban J connectivity index is 2.60. The summed E-state index contributed by atoms with van der Waals surface area (Å²) in [6, 6.07) is 6.63. The summed E-state index contributed by atoms with van der Waals surface area (Å²) >= 11 is 0.194. The van der Waals surface area contributed by atoms with E-state index in [1.807, 2.05) is 52.0 Å². The van der Waals surface area contributed by atoms with Crippen LogP contribution in [0.5, 0.6) is 5.75 Å². The molecule has 0 aliphatic heterocycles. The standard InChI is InChI=1S/C30H50N4O6Se/c1-7-20(4)26(15-29(37)38)34-28(36)14-24(12-19(2)3)33-27(35)13-21(5)32-30(39)23(16-31)18-41-17-22-8-10-25(40-6)11-9-22/h8-11,19-21,23-24,26H,7,12-18,31H2,1-6H3,(H,32,39)(H,33,35)(H,34,36)(H,37,38)/t20?,21-,23+,24-,26-/m0/s1. The van der Waals surface area contributed by atoms with Gasteiger partial charge >= 0.3 is 203 Å². The molecule has 1 rings (SSSR count). The quantitative estimate of drug-likeness (QED) is 0.137. The summed E-state index contributed by atoms with van der Waals surface area (Å²) in [5.41, 5.74) is 7.09. The number of methoxy groups -OCH3 is 1. The van der Waals surface area contributed by atoms with Crippen molar-refractivity contribution in [1.29, 1.82) is 0 Å². The van der Waals surface area contributed by atoms with Crippen molar-refractivity contribution in [3.05, 3.63) is 29.8 Å². The van der Waals surface area contributed by atoms with Crippen LogP contribution in [0, 0.1) is 17.8 Å². The number of carbonyl (C=O) groups is 4. The van der Waals surface area contributed by atoms with Crippen molar-refractivity contribution in [3.63, 3.8) is 0 Å². The molecule has 6 N–H and O–H groups in total. The summed E-state index contributed by atoms with van der Waals surface area (Å²) in [4.78, 5) is 49.7. The third kappa shape index (κ3) is 15.3. The molecule has 5 atom stereocenters. The van der Waals surface area contributed by atoms with E-state index in [1.54, 1.807) is 14.0 Å². The molecule has 0 radical (unpaired) electrons. The van der Waals surface area contributed by atoms with E-state index in [-0.39, 0.29) is 76.2 Å². The van der Waals surface area contributed by atoms with Crippen LogP contribution in [0.4, 0.5) is 0 Å². The van der Waals surface area contributed by atoms with Crippen LogP contribution in [0.15, 0.2) is 24.3 Å². The van der Waals surface area contributed by atoms with E-state index in [4.69, 9.17) is 10.5 Å². The van der Waals surface area contributed by atoms with Crippen LogP contribution in [-0.2, 0) is 24.5 Å². The SMILES string of the molecule is CCC(C)[C@H](CC(=O)O)NC(=O)C[C@H](CC(C)C)NC(=O)C[C@H](C)NC(=O)[C@H](CN)C[Se]Cc1ccc(OC)cc1. The fourth-order valence-corrected chi connectivity index (χ4v) is 6.73. The van der Waals surface area contributed by atoms with E-state index in [0.717, 1.165) is 17.5 Å². The predicted octanol–water partition coefficient (Wildman–Crippen LogP) is 2.71. The minimum atomic E-state index is -0.964. The molecule has 232 valence electrons. The van der Waals surface area contributed by atoms with E-state index in [9.17, 15) is 24.3 Å². The molecular weight excluding hydrogens is 591 g/mol. The molecule has 10 nitrogen and oxygen atoms in total. The summed E-state index contributed by atoms with van der Waals surface area (Å²) in [5.74, 6) is -0.924. The number of rotatable bonds is 20. The summed E-state index contributed by atoms with van der Waals surface area (Å²) in [6.07, 6.45) is 1.32. The minimum absolute atomic E-state index is 0.0126. The molecule has 0 aromatic heterocycles. The first-order chi connectivity index (χ1) is 19.4. The zero-order valence-electron chi connectivity index (χ0n) is 25.4. The maximum absolute atomic E-state index is 12.8. The molecule has 3 amide bonds. The number of carboxylic acids is 1. The predicted molar refractivity (Wildman–Crippen MR) is 162 cm³/mol. The Morgan fingerprint density at radius 2 is 1.59 bits per heavy atom. The normalized spacial score (nSPS) is 14.8. The van der Waals surface area contributed by atoms with Gasteiger partial charge in [0.2, 0.25) is 0 Å². The van der Waals surface area contributed by atoms with Gasteiger partial charge in [0.25, 0.3) is 0 Å². The molecule has 0 aliphatic carbocycles. The molecule has 0 aliphatic rings. The Morgan fingerprint density at radius 1 is 0.951 bits per heavy atom. The van der Waals surface area contributed by atoms with Crippen LogP contribution in [0.2, 0.25) is 5.32 Å². The second kappa shape index (κ2) is 19.5. The first-order valence-corrected chi connectivity index (χ1v) is 16.8. The van der Waals surface area contributed by atoms with Gasteiger partial charge in [-0.05, 0) is 5.92 Å². The van der Waals surface area contributed by atoms with E-state index in [1.165, 1.54) is 5.56 Å². The molecule has 0 fully saturated rings. The number of carbonyl (C=O) groups excluding carboxylic acids is 3. The van der Waals surface area contributed by atoms with Gasteiger partial charge in [-0.15, -0.1) is 0 Å². The van der Waals surface area contributed by atoms with Crippen LogP contribution in [0.3, 0.4) is 0 Å². The van der Waals surface area contributed by atoms with Crippen LogP contribution >= 0.6 is 0 Å². The average molecular weight is 642 g/mol. The molecule has 0 bridgehead atoms. The molecule has 1 unspecified atom stereocenters.